The Balaban J connectivity index is 1.34. The van der Waals surface area contributed by atoms with Crippen molar-refractivity contribution in [2.75, 3.05) is 0 Å². The number of amides is 1. The molecule has 1 N–H and O–H groups in total. The molecule has 0 bridgehead atoms. The van der Waals surface area contributed by atoms with Crippen LogP contribution < -0.4 is 10.1 Å². The smallest absolute Gasteiger partial charge is 0.262 e. The van der Waals surface area contributed by atoms with Gasteiger partial charge >= 0.3 is 0 Å². The summed E-state index contributed by atoms with van der Waals surface area (Å²) in [5.74, 6) is 0.728. The summed E-state index contributed by atoms with van der Waals surface area (Å²) in [6.07, 6.45) is 3.53. The molecule has 0 unspecified atom stereocenters. The second-order valence-electron chi connectivity index (χ2n) is 7.01. The monoisotopic (exact) mass is 414 g/mol. The molecule has 4 nitrogen and oxygen atoms in total. The Bertz CT molecular complexity index is 1100. The zero-order valence-electron chi connectivity index (χ0n) is 16.7. The molecule has 0 spiro atoms. The highest BCUT2D eigenvalue weighted by molar-refractivity contribution is 7.12. The summed E-state index contributed by atoms with van der Waals surface area (Å²) in [7, 11) is 0. The first-order valence-electron chi connectivity index (χ1n) is 9.72. The largest absolute Gasteiger partial charge is 0.489 e. The highest BCUT2D eigenvalue weighted by Crippen LogP contribution is 2.28. The Morgan fingerprint density at radius 3 is 2.53 bits per heavy atom. The average molecular weight is 415 g/mol. The van der Waals surface area contributed by atoms with Crippen molar-refractivity contribution >= 4 is 17.2 Å². The van der Waals surface area contributed by atoms with Gasteiger partial charge in [0.05, 0.1) is 4.88 Å². The van der Waals surface area contributed by atoms with Gasteiger partial charge in [0.2, 0.25) is 0 Å². The number of hydrogen-bond donors (Lipinski definition) is 1. The van der Waals surface area contributed by atoms with Crippen molar-refractivity contribution in [2.45, 2.75) is 20.1 Å². The molecule has 0 atom stereocenters. The van der Waals surface area contributed by atoms with Crippen LogP contribution in [0.3, 0.4) is 0 Å². The van der Waals surface area contributed by atoms with E-state index in [0.717, 1.165) is 32.9 Å². The van der Waals surface area contributed by atoms with E-state index in [0.29, 0.717) is 13.2 Å². The van der Waals surface area contributed by atoms with Gasteiger partial charge in [-0.05, 0) is 47.7 Å². The van der Waals surface area contributed by atoms with E-state index < -0.39 is 0 Å². The number of aryl methyl sites for hydroxylation is 1. The maximum Gasteiger partial charge on any atom is 0.262 e. The van der Waals surface area contributed by atoms with Crippen molar-refractivity contribution in [2.24, 2.45) is 0 Å². The zero-order valence-corrected chi connectivity index (χ0v) is 17.5. The lowest BCUT2D eigenvalue weighted by atomic mass is 10.0. The molecular formula is C25H22N2O2S. The van der Waals surface area contributed by atoms with E-state index in [1.165, 1.54) is 16.9 Å². The fourth-order valence-electron chi connectivity index (χ4n) is 3.06. The van der Waals surface area contributed by atoms with E-state index in [9.17, 15) is 4.79 Å². The summed E-state index contributed by atoms with van der Waals surface area (Å²) in [6, 6.07) is 21.9. The average Bonchev–Trinajstić information content (AvgIpc) is 3.28. The minimum Gasteiger partial charge on any atom is -0.489 e. The van der Waals surface area contributed by atoms with E-state index in [4.69, 9.17) is 4.74 Å². The number of carbonyl (C=O) groups is 1. The number of rotatable bonds is 7. The summed E-state index contributed by atoms with van der Waals surface area (Å²) in [6.45, 7) is 3.00. The lowest BCUT2D eigenvalue weighted by Gasteiger charge is -2.09. The van der Waals surface area contributed by atoms with Gasteiger partial charge in [-0.25, -0.2) is 0 Å². The minimum atomic E-state index is -0.0579. The van der Waals surface area contributed by atoms with Crippen molar-refractivity contribution in [1.29, 1.82) is 0 Å². The van der Waals surface area contributed by atoms with E-state index in [1.54, 1.807) is 12.4 Å². The molecule has 2 aromatic heterocycles. The Labute approximate surface area is 180 Å². The molecule has 5 heteroatoms. The molecule has 0 aliphatic carbocycles. The Morgan fingerprint density at radius 1 is 1.00 bits per heavy atom. The molecule has 4 aromatic rings. The predicted octanol–water partition coefficient (Wildman–Crippen LogP) is 5.63. The predicted molar refractivity (Wildman–Crippen MR) is 121 cm³/mol. The highest BCUT2D eigenvalue weighted by atomic mass is 32.1. The van der Waals surface area contributed by atoms with Gasteiger partial charge in [-0.1, -0.05) is 48.0 Å². The van der Waals surface area contributed by atoms with Gasteiger partial charge in [0.1, 0.15) is 12.4 Å². The van der Waals surface area contributed by atoms with E-state index in [-0.39, 0.29) is 5.91 Å². The van der Waals surface area contributed by atoms with Crippen molar-refractivity contribution in [3.8, 4) is 16.9 Å². The lowest BCUT2D eigenvalue weighted by Crippen LogP contribution is -2.22. The van der Waals surface area contributed by atoms with Crippen LogP contribution in [0, 0.1) is 6.92 Å². The minimum absolute atomic E-state index is 0.0579. The van der Waals surface area contributed by atoms with Gasteiger partial charge in [0.25, 0.3) is 5.91 Å². The van der Waals surface area contributed by atoms with E-state index in [2.05, 4.69) is 41.5 Å². The molecule has 0 aliphatic heterocycles. The zero-order chi connectivity index (χ0) is 20.8. The maximum absolute atomic E-state index is 12.7. The summed E-state index contributed by atoms with van der Waals surface area (Å²) in [5, 5.41) is 4.98. The van der Waals surface area contributed by atoms with Gasteiger partial charge in [-0.2, -0.15) is 0 Å². The standard InChI is InChI=1S/C25H22N2O2S/c1-18-4-8-21(9-5-18)23-12-14-30-24(23)25(28)27-16-19-6-10-22(11-7-19)29-17-20-3-2-13-26-15-20/h2-15H,16-17H2,1H3,(H,27,28). The topological polar surface area (TPSA) is 51.2 Å². The number of pyridine rings is 1. The molecule has 30 heavy (non-hydrogen) atoms. The van der Waals surface area contributed by atoms with Gasteiger partial charge < -0.3 is 10.1 Å². The molecule has 0 saturated carbocycles. The SMILES string of the molecule is Cc1ccc(-c2ccsc2C(=O)NCc2ccc(OCc3cccnc3)cc2)cc1. The van der Waals surface area contributed by atoms with Gasteiger partial charge in [0, 0.05) is 30.1 Å². The van der Waals surface area contributed by atoms with Crippen LogP contribution in [0.5, 0.6) is 5.75 Å². The number of nitrogens with zero attached hydrogens (tertiary/aromatic N) is 1. The summed E-state index contributed by atoms with van der Waals surface area (Å²) < 4.78 is 5.78. The summed E-state index contributed by atoms with van der Waals surface area (Å²) >= 11 is 1.46. The van der Waals surface area contributed by atoms with Crippen LogP contribution in [-0.2, 0) is 13.2 Å². The number of aromatic nitrogens is 1. The van der Waals surface area contributed by atoms with Crippen LogP contribution in [-0.4, -0.2) is 10.9 Å². The number of hydrogen-bond acceptors (Lipinski definition) is 4. The van der Waals surface area contributed by atoms with E-state index in [1.807, 2.05) is 47.8 Å². The fourth-order valence-corrected chi connectivity index (χ4v) is 3.89. The molecule has 1 amide bonds. The molecule has 0 saturated heterocycles. The third-order valence-electron chi connectivity index (χ3n) is 4.74. The Morgan fingerprint density at radius 2 is 1.80 bits per heavy atom. The van der Waals surface area contributed by atoms with Crippen molar-refractivity contribution in [3.63, 3.8) is 0 Å². The third kappa shape index (κ3) is 4.93. The van der Waals surface area contributed by atoms with Crippen LogP contribution in [0.1, 0.15) is 26.4 Å². The summed E-state index contributed by atoms with van der Waals surface area (Å²) in [5.41, 5.74) is 5.27. The normalized spacial score (nSPS) is 10.6. The number of nitrogens with one attached hydrogen (secondary N) is 1. The van der Waals surface area contributed by atoms with Crippen LogP contribution in [0.2, 0.25) is 0 Å². The second kappa shape index (κ2) is 9.37. The lowest BCUT2D eigenvalue weighted by molar-refractivity contribution is 0.0955. The number of ether oxygens (including phenoxy) is 1. The van der Waals surface area contributed by atoms with Crippen LogP contribution >= 0.6 is 11.3 Å². The fraction of sp³-hybridized carbons (Fsp3) is 0.120. The van der Waals surface area contributed by atoms with Crippen molar-refractivity contribution < 1.29 is 9.53 Å². The molecule has 0 fully saturated rings. The van der Waals surface area contributed by atoms with Crippen molar-refractivity contribution in [3.05, 3.63) is 106 Å². The molecule has 4 rings (SSSR count). The first kappa shape index (κ1) is 19.9. The van der Waals surface area contributed by atoms with Crippen LogP contribution in [0.4, 0.5) is 0 Å². The Kier molecular flexibility index (Phi) is 6.20. The Hall–Kier alpha value is -3.44. The molecule has 150 valence electrons. The quantitative estimate of drug-likeness (QED) is 0.426. The van der Waals surface area contributed by atoms with Crippen LogP contribution in [0.15, 0.2) is 84.5 Å². The van der Waals surface area contributed by atoms with Gasteiger partial charge in [-0.3, -0.25) is 9.78 Å². The van der Waals surface area contributed by atoms with Gasteiger partial charge in [-0.15, -0.1) is 11.3 Å². The van der Waals surface area contributed by atoms with Crippen molar-refractivity contribution in [1.82, 2.24) is 10.3 Å². The molecule has 0 radical (unpaired) electrons. The first-order chi connectivity index (χ1) is 14.7. The van der Waals surface area contributed by atoms with Gasteiger partial charge in [0.15, 0.2) is 0 Å². The van der Waals surface area contributed by atoms with E-state index >= 15 is 0 Å². The molecule has 2 heterocycles. The highest BCUT2D eigenvalue weighted by Gasteiger charge is 2.14. The third-order valence-corrected chi connectivity index (χ3v) is 5.65. The maximum atomic E-state index is 12.7. The first-order valence-corrected chi connectivity index (χ1v) is 10.6. The summed E-state index contributed by atoms with van der Waals surface area (Å²) in [4.78, 5) is 17.5. The number of benzene rings is 2. The number of thiophene rings is 1. The van der Waals surface area contributed by atoms with Crippen LogP contribution in [0.25, 0.3) is 11.1 Å². The second-order valence-corrected chi connectivity index (χ2v) is 7.92. The molecule has 0 aliphatic rings. The number of carbonyl (C=O) groups excluding carboxylic acids is 1. The molecule has 2 aromatic carbocycles. The molecular weight excluding hydrogens is 392 g/mol.